The Labute approximate surface area is 181 Å². The Bertz CT molecular complexity index is 938. The lowest BCUT2D eigenvalue weighted by molar-refractivity contribution is -0.0969. The van der Waals surface area contributed by atoms with Gasteiger partial charge in [-0.25, -0.2) is 13.1 Å². The number of ether oxygens (including phenoxy) is 2. The fourth-order valence-corrected chi connectivity index (χ4v) is 5.61. The summed E-state index contributed by atoms with van der Waals surface area (Å²) in [5, 5.41) is 1.97. The third-order valence-electron chi connectivity index (χ3n) is 5.43. The average molecular weight is 451 g/mol. The molecule has 0 bridgehead atoms. The Balaban J connectivity index is 1.35. The number of carbonyl (C=O) groups excluding carboxylic acids is 1. The molecule has 1 atom stereocenters. The highest BCUT2D eigenvalue weighted by atomic mass is 32.2. The van der Waals surface area contributed by atoms with Gasteiger partial charge >= 0.3 is 0 Å². The summed E-state index contributed by atoms with van der Waals surface area (Å²) in [6.07, 6.45) is 2.30. The zero-order valence-electron chi connectivity index (χ0n) is 16.7. The van der Waals surface area contributed by atoms with E-state index in [4.69, 9.17) is 9.47 Å². The second-order valence-corrected chi connectivity index (χ2v) is 10.3. The smallest absolute Gasteiger partial charge is 0.253 e. The molecule has 1 N–H and O–H groups in total. The minimum Gasteiger partial charge on any atom is -0.350 e. The Morgan fingerprint density at radius 3 is 2.63 bits per heavy atom. The maximum Gasteiger partial charge on any atom is 0.253 e. The van der Waals surface area contributed by atoms with E-state index in [0.717, 1.165) is 17.7 Å². The number of piperidine rings is 1. The first-order chi connectivity index (χ1) is 14.5. The van der Waals surface area contributed by atoms with E-state index in [1.165, 1.54) is 12.1 Å². The van der Waals surface area contributed by atoms with Gasteiger partial charge in [0.2, 0.25) is 10.0 Å². The molecule has 2 fully saturated rings. The summed E-state index contributed by atoms with van der Waals surface area (Å²) in [7, 11) is -3.60. The van der Waals surface area contributed by atoms with Crippen LogP contribution < -0.4 is 4.72 Å². The van der Waals surface area contributed by atoms with Crippen molar-refractivity contribution < 1.29 is 22.7 Å². The van der Waals surface area contributed by atoms with Gasteiger partial charge in [-0.2, -0.15) is 0 Å². The first kappa shape index (κ1) is 21.5. The molecule has 9 heteroatoms. The van der Waals surface area contributed by atoms with Crippen molar-refractivity contribution >= 4 is 27.3 Å². The molecule has 2 aliphatic heterocycles. The fraction of sp³-hybridized carbons (Fsp3) is 0.476. The highest BCUT2D eigenvalue weighted by Gasteiger charge is 2.33. The van der Waals surface area contributed by atoms with Gasteiger partial charge in [-0.3, -0.25) is 4.79 Å². The lowest BCUT2D eigenvalue weighted by atomic mass is 9.96. The number of rotatable bonds is 7. The van der Waals surface area contributed by atoms with Crippen LogP contribution in [0.15, 0.2) is 46.7 Å². The molecule has 0 radical (unpaired) electrons. The lowest BCUT2D eigenvalue weighted by Crippen LogP contribution is -2.43. The molecule has 7 nitrogen and oxygen atoms in total. The van der Waals surface area contributed by atoms with Crippen LogP contribution in [-0.4, -0.2) is 58.4 Å². The highest BCUT2D eigenvalue weighted by molar-refractivity contribution is 7.89. The molecule has 1 unspecified atom stereocenters. The van der Waals surface area contributed by atoms with Crippen molar-refractivity contribution in [1.29, 1.82) is 0 Å². The normalized spacial score (nSPS) is 20.5. The first-order valence-electron chi connectivity index (χ1n) is 10.2. The Morgan fingerprint density at radius 2 is 1.93 bits per heavy atom. The van der Waals surface area contributed by atoms with Gasteiger partial charge in [-0.1, -0.05) is 6.07 Å². The molecule has 2 saturated heterocycles. The zero-order valence-corrected chi connectivity index (χ0v) is 18.3. The van der Waals surface area contributed by atoms with E-state index in [-0.39, 0.29) is 23.0 Å². The topological polar surface area (TPSA) is 84.9 Å². The van der Waals surface area contributed by atoms with Gasteiger partial charge in [0.1, 0.15) is 0 Å². The van der Waals surface area contributed by atoms with Crippen LogP contribution in [0.3, 0.4) is 0 Å². The number of hydrogen-bond acceptors (Lipinski definition) is 6. The largest absolute Gasteiger partial charge is 0.350 e. The molecule has 162 valence electrons. The predicted molar refractivity (Wildman–Crippen MR) is 114 cm³/mol. The Hall–Kier alpha value is -1.78. The summed E-state index contributed by atoms with van der Waals surface area (Å²) < 4.78 is 38.8. The molecule has 0 saturated carbocycles. The van der Waals surface area contributed by atoms with Gasteiger partial charge in [0.15, 0.2) is 6.29 Å². The number of benzene rings is 1. The standard InChI is InChI=1S/C21H26N2O5S2/c24-20(23-11-1-3-17(15-23)21-27-12-13-28-21)16-5-7-19(8-6-16)30(25,26)22-10-9-18-4-2-14-29-18/h2,4-8,14,17,21-22H,1,3,9-13,15H2. The van der Waals surface area contributed by atoms with Crippen molar-refractivity contribution in [3.63, 3.8) is 0 Å². The molecular weight excluding hydrogens is 424 g/mol. The quantitative estimate of drug-likeness (QED) is 0.701. The van der Waals surface area contributed by atoms with Crippen molar-refractivity contribution in [2.24, 2.45) is 5.92 Å². The van der Waals surface area contributed by atoms with Gasteiger partial charge in [0.05, 0.1) is 18.1 Å². The highest BCUT2D eigenvalue weighted by Crippen LogP contribution is 2.26. The fourth-order valence-electron chi connectivity index (χ4n) is 3.87. The minimum absolute atomic E-state index is 0.0905. The molecule has 30 heavy (non-hydrogen) atoms. The molecule has 0 aliphatic carbocycles. The van der Waals surface area contributed by atoms with Crippen molar-refractivity contribution in [3.8, 4) is 0 Å². The number of nitrogens with zero attached hydrogens (tertiary/aromatic N) is 1. The summed E-state index contributed by atoms with van der Waals surface area (Å²) in [6, 6.07) is 10.1. The number of amides is 1. The van der Waals surface area contributed by atoms with E-state index in [0.29, 0.717) is 44.8 Å². The lowest BCUT2D eigenvalue weighted by Gasteiger charge is -2.34. The van der Waals surface area contributed by atoms with Gasteiger partial charge in [0.25, 0.3) is 5.91 Å². The number of carbonyl (C=O) groups is 1. The monoisotopic (exact) mass is 450 g/mol. The second kappa shape index (κ2) is 9.57. The zero-order chi connectivity index (χ0) is 21.0. The number of likely N-dealkylation sites (tertiary alicyclic amines) is 1. The predicted octanol–water partition coefficient (Wildman–Crippen LogP) is 2.49. The van der Waals surface area contributed by atoms with Gasteiger partial charge in [-0.15, -0.1) is 11.3 Å². The van der Waals surface area contributed by atoms with Gasteiger partial charge in [-0.05, 0) is 55.0 Å². The maximum atomic E-state index is 12.9. The Morgan fingerprint density at radius 1 is 1.17 bits per heavy atom. The molecule has 1 aromatic heterocycles. The van der Waals surface area contributed by atoms with Crippen LogP contribution in [0.5, 0.6) is 0 Å². The van der Waals surface area contributed by atoms with Crippen molar-refractivity contribution in [2.45, 2.75) is 30.4 Å². The molecule has 4 rings (SSSR count). The summed E-state index contributed by atoms with van der Waals surface area (Å²) >= 11 is 1.60. The third-order valence-corrected chi connectivity index (χ3v) is 7.85. The Kier molecular flexibility index (Phi) is 6.84. The molecule has 2 aromatic rings. The molecule has 0 spiro atoms. The van der Waals surface area contributed by atoms with Crippen LogP contribution in [0.1, 0.15) is 28.1 Å². The van der Waals surface area contributed by atoms with Crippen molar-refractivity contribution in [2.75, 3.05) is 32.8 Å². The molecule has 3 heterocycles. The number of nitrogens with one attached hydrogen (secondary N) is 1. The van der Waals surface area contributed by atoms with Crippen LogP contribution in [0.2, 0.25) is 0 Å². The van der Waals surface area contributed by atoms with Crippen LogP contribution in [0.25, 0.3) is 0 Å². The van der Waals surface area contributed by atoms with Crippen molar-refractivity contribution in [1.82, 2.24) is 9.62 Å². The average Bonchev–Trinajstić information content (AvgIpc) is 3.48. The van der Waals surface area contributed by atoms with Crippen LogP contribution >= 0.6 is 11.3 Å². The summed E-state index contributed by atoms with van der Waals surface area (Å²) in [5.41, 5.74) is 0.487. The minimum atomic E-state index is -3.60. The molecule has 2 aliphatic rings. The van der Waals surface area contributed by atoms with Crippen molar-refractivity contribution in [3.05, 3.63) is 52.2 Å². The molecule has 1 aromatic carbocycles. The molecular formula is C21H26N2O5S2. The van der Waals surface area contributed by atoms with E-state index in [2.05, 4.69) is 4.72 Å². The first-order valence-corrected chi connectivity index (χ1v) is 12.5. The summed E-state index contributed by atoms with van der Waals surface area (Å²) in [4.78, 5) is 16.0. The number of hydrogen-bond donors (Lipinski definition) is 1. The van der Waals surface area contributed by atoms with E-state index >= 15 is 0 Å². The number of thiophene rings is 1. The van der Waals surface area contributed by atoms with E-state index < -0.39 is 10.0 Å². The van der Waals surface area contributed by atoms with E-state index in [1.54, 1.807) is 23.5 Å². The van der Waals surface area contributed by atoms with E-state index in [9.17, 15) is 13.2 Å². The summed E-state index contributed by atoms with van der Waals surface area (Å²) in [5.74, 6) is 0.0877. The maximum absolute atomic E-state index is 12.9. The van der Waals surface area contributed by atoms with Crippen LogP contribution in [0.4, 0.5) is 0 Å². The summed E-state index contributed by atoms with van der Waals surface area (Å²) in [6.45, 7) is 2.82. The van der Waals surface area contributed by atoms with Gasteiger partial charge in [0, 0.05) is 36.0 Å². The SMILES string of the molecule is O=C(c1ccc(S(=O)(=O)NCCc2cccs2)cc1)N1CCCC(C2OCCO2)C1. The van der Waals surface area contributed by atoms with E-state index in [1.807, 2.05) is 22.4 Å². The van der Waals surface area contributed by atoms with Crippen LogP contribution in [-0.2, 0) is 25.9 Å². The van der Waals surface area contributed by atoms with Gasteiger partial charge < -0.3 is 14.4 Å². The third kappa shape index (κ3) is 5.09. The van der Waals surface area contributed by atoms with Crippen LogP contribution in [0, 0.1) is 5.92 Å². The second-order valence-electron chi connectivity index (χ2n) is 7.51. The molecule has 1 amide bonds. The number of sulfonamides is 1.